The molecule has 1 aliphatic heterocycles. The fraction of sp³-hybridized carbons (Fsp3) is 0.824. The smallest absolute Gasteiger partial charge is 0.293 e. The predicted molar refractivity (Wildman–Crippen MR) is 93.9 cm³/mol. The van der Waals surface area contributed by atoms with E-state index in [1.807, 2.05) is 0 Å². The van der Waals surface area contributed by atoms with Crippen LogP contribution < -0.4 is 0 Å². The first kappa shape index (κ1) is 16.5. The van der Waals surface area contributed by atoms with Crippen molar-refractivity contribution in [2.75, 3.05) is 13.2 Å². The maximum Gasteiger partial charge on any atom is 0.293 e. The van der Waals surface area contributed by atoms with E-state index in [2.05, 4.69) is 50.8 Å². The Labute approximate surface area is 136 Å². The summed E-state index contributed by atoms with van der Waals surface area (Å²) in [5, 5.41) is 0.235. The number of allylic oxidation sites excluding steroid dienone is 2. The van der Waals surface area contributed by atoms with Gasteiger partial charge in [-0.2, -0.15) is 0 Å². The van der Waals surface area contributed by atoms with Gasteiger partial charge in [-0.25, -0.2) is 0 Å². The van der Waals surface area contributed by atoms with E-state index in [9.17, 15) is 4.79 Å². The zero-order chi connectivity index (χ0) is 16.1. The minimum absolute atomic E-state index is 0.235. The van der Waals surface area contributed by atoms with E-state index in [-0.39, 0.29) is 5.04 Å². The van der Waals surface area contributed by atoms with Crippen molar-refractivity contribution in [2.24, 2.45) is 23.7 Å². The lowest BCUT2D eigenvalue weighted by molar-refractivity contribution is 0.175. The van der Waals surface area contributed by atoms with Crippen LogP contribution in [-0.4, -0.2) is 45.9 Å². The minimum atomic E-state index is -1.74. The molecule has 1 saturated carbocycles. The molecule has 0 aromatic heterocycles. The zero-order valence-electron chi connectivity index (χ0n) is 14.6. The van der Waals surface area contributed by atoms with E-state index < -0.39 is 8.32 Å². The van der Waals surface area contributed by atoms with Gasteiger partial charge in [0.25, 0.3) is 7.41 Å². The van der Waals surface area contributed by atoms with Gasteiger partial charge in [0.15, 0.2) is 8.32 Å². The number of nitrogens with zero attached hydrogens (tertiary/aromatic N) is 1. The Bertz CT molecular complexity index is 474. The third-order valence-corrected chi connectivity index (χ3v) is 11.2. The van der Waals surface area contributed by atoms with Crippen molar-refractivity contribution in [1.29, 1.82) is 0 Å². The Kier molecular flexibility index (Phi) is 4.20. The number of hydrogen-bond donors (Lipinski definition) is 0. The van der Waals surface area contributed by atoms with Crippen LogP contribution >= 0.6 is 0 Å². The maximum absolute atomic E-state index is 11.0. The van der Waals surface area contributed by atoms with Crippen molar-refractivity contribution in [3.8, 4) is 0 Å². The number of carbonyl (C=O) groups is 1. The first-order chi connectivity index (χ1) is 10.2. The molecule has 1 heterocycles. The van der Waals surface area contributed by atoms with Crippen LogP contribution in [0, 0.1) is 23.7 Å². The van der Waals surface area contributed by atoms with E-state index in [0.29, 0.717) is 17.9 Å². The van der Waals surface area contributed by atoms with Crippen molar-refractivity contribution in [3.63, 3.8) is 0 Å². The second-order valence-corrected chi connectivity index (χ2v) is 13.6. The van der Waals surface area contributed by atoms with Gasteiger partial charge in [0.05, 0.1) is 6.19 Å². The average molecular weight is 318 g/mol. The number of carbonyl (C=O) groups excluding carboxylic acids is 1. The highest BCUT2D eigenvalue weighted by Gasteiger charge is 2.54. The van der Waals surface area contributed by atoms with Crippen molar-refractivity contribution in [1.82, 2.24) is 4.81 Å². The number of hydrogen-bond acceptors (Lipinski definition) is 3. The molecule has 5 heteroatoms. The zero-order valence-corrected chi connectivity index (χ0v) is 15.6. The lowest BCUT2D eigenvalue weighted by atomic mass is 9.82. The largest absolute Gasteiger partial charge is 0.415 e. The summed E-state index contributed by atoms with van der Waals surface area (Å²) < 4.78 is 6.51. The van der Waals surface area contributed by atoms with Gasteiger partial charge >= 0.3 is 0 Å². The topological polar surface area (TPSA) is 29.5 Å². The van der Waals surface area contributed by atoms with Crippen molar-refractivity contribution in [3.05, 3.63) is 12.2 Å². The number of fused-ring (bicyclic) bond motifs is 5. The highest BCUT2D eigenvalue weighted by atomic mass is 28.4. The average Bonchev–Trinajstić information content (AvgIpc) is 3.06. The molecule has 22 heavy (non-hydrogen) atoms. The first-order valence-electron chi connectivity index (χ1n) is 8.61. The quantitative estimate of drug-likeness (QED) is 0.443. The van der Waals surface area contributed by atoms with Gasteiger partial charge in [-0.15, -0.1) is 0 Å². The molecular formula is C17H29BNO2Si. The lowest BCUT2D eigenvalue weighted by Crippen LogP contribution is -2.47. The fourth-order valence-electron chi connectivity index (χ4n) is 4.36. The Morgan fingerprint density at radius 2 is 2.00 bits per heavy atom. The molecule has 4 unspecified atom stereocenters. The minimum Gasteiger partial charge on any atom is -0.415 e. The van der Waals surface area contributed by atoms with E-state index in [1.54, 1.807) is 7.41 Å². The van der Waals surface area contributed by atoms with E-state index in [1.165, 1.54) is 6.42 Å². The standard InChI is InChI=1S/C17H29BNO2Si/c1-17(2,3)22(4,5)21-10-15-16-13-7-6-12(8-13)14(16)9-19(15)18-11-20/h6-7,11-16H,8-10H2,1-5H3/t12?,13?,14?,15-,16?/m1/s1. The summed E-state index contributed by atoms with van der Waals surface area (Å²) in [6.45, 7) is 13.3. The van der Waals surface area contributed by atoms with Crippen LogP contribution in [0.3, 0.4) is 0 Å². The van der Waals surface area contributed by atoms with Gasteiger partial charge in [0.1, 0.15) is 0 Å². The van der Waals surface area contributed by atoms with Crippen molar-refractivity contribution < 1.29 is 9.22 Å². The van der Waals surface area contributed by atoms with E-state index in [4.69, 9.17) is 4.43 Å². The van der Waals surface area contributed by atoms with Gasteiger partial charge in [0.2, 0.25) is 0 Å². The molecule has 3 rings (SSSR count). The second kappa shape index (κ2) is 5.60. The normalized spacial score (nSPS) is 37.6. The third kappa shape index (κ3) is 2.65. The highest BCUT2D eigenvalue weighted by Crippen LogP contribution is 2.54. The second-order valence-electron chi connectivity index (χ2n) is 8.81. The first-order valence-corrected chi connectivity index (χ1v) is 11.5. The molecule has 0 aromatic rings. The molecule has 3 aliphatic rings. The highest BCUT2D eigenvalue weighted by molar-refractivity contribution is 6.74. The molecule has 0 N–H and O–H groups in total. The summed E-state index contributed by atoms with van der Waals surface area (Å²) >= 11 is 0. The van der Waals surface area contributed by atoms with Crippen molar-refractivity contribution >= 4 is 21.9 Å². The molecule has 1 saturated heterocycles. The summed E-state index contributed by atoms with van der Waals surface area (Å²) in [6.07, 6.45) is 7.08. The monoisotopic (exact) mass is 318 g/mol. The molecule has 2 bridgehead atoms. The van der Waals surface area contributed by atoms with E-state index in [0.717, 1.165) is 31.2 Å². The summed E-state index contributed by atoms with van der Waals surface area (Å²) in [5.74, 6) is 2.83. The van der Waals surface area contributed by atoms with Crippen LogP contribution in [0.5, 0.6) is 0 Å². The summed E-state index contributed by atoms with van der Waals surface area (Å²) in [4.78, 5) is 13.3. The molecule has 0 spiro atoms. The third-order valence-electron chi connectivity index (χ3n) is 6.65. The van der Waals surface area contributed by atoms with Crippen LogP contribution in [0.1, 0.15) is 27.2 Å². The van der Waals surface area contributed by atoms with Gasteiger partial charge in [-0.1, -0.05) is 32.9 Å². The fourth-order valence-corrected chi connectivity index (χ4v) is 5.38. The molecule has 1 radical (unpaired) electrons. The van der Waals surface area contributed by atoms with E-state index >= 15 is 0 Å². The maximum atomic E-state index is 11.0. The number of rotatable bonds is 5. The SMILES string of the molecule is CC(C)(C)[Si](C)(C)OC[C@@H]1C2C3C=CC(C3)C2CN1[B]C=O. The molecule has 3 nitrogen and oxygen atoms in total. The molecule has 2 aliphatic carbocycles. The molecule has 2 fully saturated rings. The van der Waals surface area contributed by atoms with Crippen LogP contribution in [-0.2, 0) is 9.22 Å². The molecule has 121 valence electrons. The molecule has 5 atom stereocenters. The molecule has 0 aromatic carbocycles. The van der Waals surface area contributed by atoms with Crippen LogP contribution in [0.15, 0.2) is 12.2 Å². The molecule has 0 amide bonds. The summed E-state index contributed by atoms with van der Waals surface area (Å²) in [5.41, 5.74) is 0. The van der Waals surface area contributed by atoms with Crippen LogP contribution in [0.2, 0.25) is 18.1 Å². The Morgan fingerprint density at radius 1 is 1.32 bits per heavy atom. The molecular weight excluding hydrogens is 289 g/mol. The van der Waals surface area contributed by atoms with Crippen LogP contribution in [0.25, 0.3) is 0 Å². The van der Waals surface area contributed by atoms with Gasteiger partial charge in [0, 0.05) is 12.6 Å². The summed E-state index contributed by atoms with van der Waals surface area (Å²) in [6, 6.07) is 0.379. The van der Waals surface area contributed by atoms with Gasteiger partial charge in [-0.05, 0) is 54.8 Å². The Morgan fingerprint density at radius 3 is 2.64 bits per heavy atom. The lowest BCUT2D eigenvalue weighted by Gasteiger charge is -2.39. The Hall–Kier alpha value is -0.388. The predicted octanol–water partition coefficient (Wildman–Crippen LogP) is 2.94. The van der Waals surface area contributed by atoms with Crippen molar-refractivity contribution in [2.45, 2.75) is 51.4 Å². The summed E-state index contributed by atoms with van der Waals surface area (Å²) in [7, 11) is 0.0106. The Balaban J connectivity index is 1.72. The van der Waals surface area contributed by atoms with Crippen LogP contribution in [0.4, 0.5) is 0 Å². The van der Waals surface area contributed by atoms with Gasteiger partial charge < -0.3 is 14.0 Å². The van der Waals surface area contributed by atoms with Gasteiger partial charge in [-0.3, -0.25) is 0 Å².